The van der Waals surface area contributed by atoms with Gasteiger partial charge in [0.2, 0.25) is 0 Å². The minimum absolute atomic E-state index is 0.128. The molecule has 2 heterocycles. The molecule has 170 valence electrons. The van der Waals surface area contributed by atoms with Crippen LogP contribution >= 0.6 is 23.1 Å². The Morgan fingerprint density at radius 2 is 1.41 bits per heavy atom. The molecule has 0 saturated carbocycles. The topological polar surface area (TPSA) is 53.4 Å². The van der Waals surface area contributed by atoms with Crippen molar-refractivity contribution in [3.63, 3.8) is 0 Å². The van der Waals surface area contributed by atoms with Gasteiger partial charge in [-0.1, -0.05) is 91.0 Å². The number of aromatic nitrogens is 1. The minimum atomic E-state index is -0.462. The molecule has 0 bridgehead atoms. The molecule has 1 amide bonds. The van der Waals surface area contributed by atoms with Gasteiger partial charge in [-0.05, 0) is 28.2 Å². The molecule has 4 aromatic rings. The van der Waals surface area contributed by atoms with E-state index in [0.717, 1.165) is 4.88 Å². The minimum Gasteiger partial charge on any atom is -0.389 e. The summed E-state index contributed by atoms with van der Waals surface area (Å²) in [5, 5.41) is 11.6. The van der Waals surface area contributed by atoms with Crippen LogP contribution in [-0.4, -0.2) is 40.1 Å². The van der Waals surface area contributed by atoms with Gasteiger partial charge >= 0.3 is 0 Å². The van der Waals surface area contributed by atoms with Crippen molar-refractivity contribution < 1.29 is 9.90 Å². The van der Waals surface area contributed by atoms with E-state index in [1.54, 1.807) is 22.2 Å². The third kappa shape index (κ3) is 4.32. The molecule has 1 aliphatic rings. The zero-order valence-electron chi connectivity index (χ0n) is 18.5. The molecule has 0 spiro atoms. The lowest BCUT2D eigenvalue weighted by atomic mass is 9.84. The molecular weight excluding hydrogens is 460 g/mol. The summed E-state index contributed by atoms with van der Waals surface area (Å²) >= 11 is 3.16. The number of carbonyl (C=O) groups excluding carboxylic acids is 1. The maximum Gasteiger partial charge on any atom is 0.274 e. The molecule has 34 heavy (non-hydrogen) atoms. The number of aliphatic hydroxyl groups excluding tert-OH is 1. The Morgan fingerprint density at radius 1 is 0.912 bits per heavy atom. The molecule has 5 rings (SSSR count). The maximum atomic E-state index is 12.8. The summed E-state index contributed by atoms with van der Waals surface area (Å²) in [4.78, 5) is 19.6. The highest BCUT2D eigenvalue weighted by molar-refractivity contribution is 8.03. The van der Waals surface area contributed by atoms with Gasteiger partial charge in [0.05, 0.1) is 21.2 Å². The summed E-state index contributed by atoms with van der Waals surface area (Å²) in [5.74, 6) is -0.128. The molecule has 1 saturated heterocycles. The van der Waals surface area contributed by atoms with Crippen molar-refractivity contribution in [1.29, 1.82) is 0 Å². The van der Waals surface area contributed by atoms with Crippen molar-refractivity contribution in [1.82, 2.24) is 9.88 Å². The summed E-state index contributed by atoms with van der Waals surface area (Å²) in [5.41, 5.74) is 5.68. The number of hydrogen-bond donors (Lipinski definition) is 1. The lowest BCUT2D eigenvalue weighted by molar-refractivity contribution is 0.00554. The van der Waals surface area contributed by atoms with Crippen LogP contribution in [0.25, 0.3) is 6.08 Å². The van der Waals surface area contributed by atoms with Gasteiger partial charge in [0.1, 0.15) is 5.69 Å². The molecule has 4 nitrogen and oxygen atoms in total. The highest BCUT2D eigenvalue weighted by Crippen LogP contribution is 2.49. The number of β-amino-alcohol motifs (C(OH)–C–C–N with tert-alkyl or cyclic N) is 1. The number of carbonyl (C=O) groups is 1. The summed E-state index contributed by atoms with van der Waals surface area (Å²) in [6, 6.07) is 31.5. The van der Waals surface area contributed by atoms with E-state index >= 15 is 0 Å². The molecule has 0 radical (unpaired) electrons. The first-order valence-corrected chi connectivity index (χ1v) is 12.9. The Balaban J connectivity index is 1.54. The number of benzene rings is 3. The Labute approximate surface area is 207 Å². The number of aliphatic hydroxyl groups is 1. The Kier molecular flexibility index (Phi) is 6.63. The molecule has 6 heteroatoms. The van der Waals surface area contributed by atoms with Crippen LogP contribution in [0.1, 0.15) is 32.1 Å². The van der Waals surface area contributed by atoms with Crippen molar-refractivity contribution >= 4 is 35.1 Å². The van der Waals surface area contributed by atoms with Gasteiger partial charge in [0.25, 0.3) is 5.91 Å². The molecule has 1 N–H and O–H groups in total. The van der Waals surface area contributed by atoms with Crippen molar-refractivity contribution in [2.75, 3.05) is 13.1 Å². The molecule has 1 fully saturated rings. The average molecular weight is 485 g/mol. The number of hydrogen-bond acceptors (Lipinski definition) is 5. The fraction of sp³-hybridized carbons (Fsp3) is 0.143. The van der Waals surface area contributed by atoms with Crippen LogP contribution in [0.5, 0.6) is 0 Å². The quantitative estimate of drug-likeness (QED) is 0.344. The molecule has 1 aromatic heterocycles. The third-order valence-corrected chi connectivity index (χ3v) is 8.08. The predicted molar refractivity (Wildman–Crippen MR) is 140 cm³/mol. The predicted octanol–water partition coefficient (Wildman–Crippen LogP) is 5.66. The smallest absolute Gasteiger partial charge is 0.274 e. The summed E-state index contributed by atoms with van der Waals surface area (Å²) in [7, 11) is 0. The van der Waals surface area contributed by atoms with Gasteiger partial charge in [0, 0.05) is 13.1 Å². The summed E-state index contributed by atoms with van der Waals surface area (Å²) < 4.78 is -0.462. The normalized spacial score (nSPS) is 14.3. The molecule has 0 atom stereocenters. The number of thioether (sulfide) groups is 1. The van der Waals surface area contributed by atoms with Crippen molar-refractivity contribution in [3.8, 4) is 0 Å². The summed E-state index contributed by atoms with van der Waals surface area (Å²) in [6.45, 7) is 0.737. The monoisotopic (exact) mass is 484 g/mol. The largest absolute Gasteiger partial charge is 0.389 e. The zero-order valence-corrected chi connectivity index (χ0v) is 20.1. The first kappa shape index (κ1) is 22.6. The van der Waals surface area contributed by atoms with Crippen molar-refractivity contribution in [3.05, 3.63) is 129 Å². The Hall–Kier alpha value is -3.19. The molecular formula is C28H24N2O2S2. The second-order valence-electron chi connectivity index (χ2n) is 8.13. The number of thiazole rings is 1. The lowest BCUT2D eigenvalue weighted by Crippen LogP contribution is -2.53. The maximum absolute atomic E-state index is 12.8. The summed E-state index contributed by atoms with van der Waals surface area (Å²) in [6.07, 6.45) is 1.55. The van der Waals surface area contributed by atoms with Crippen LogP contribution in [0.4, 0.5) is 0 Å². The highest BCUT2D eigenvalue weighted by Gasteiger charge is 2.36. The first-order valence-electron chi connectivity index (χ1n) is 11.1. The van der Waals surface area contributed by atoms with E-state index in [-0.39, 0.29) is 5.91 Å². The van der Waals surface area contributed by atoms with E-state index in [1.165, 1.54) is 28.0 Å². The van der Waals surface area contributed by atoms with Gasteiger partial charge < -0.3 is 10.0 Å². The Morgan fingerprint density at radius 3 is 1.88 bits per heavy atom. The number of likely N-dealkylation sites (tertiary alicyclic amines) is 1. The van der Waals surface area contributed by atoms with Crippen molar-refractivity contribution in [2.24, 2.45) is 0 Å². The van der Waals surface area contributed by atoms with Crippen LogP contribution in [0.15, 0.2) is 102 Å². The van der Waals surface area contributed by atoms with Crippen LogP contribution in [0.3, 0.4) is 0 Å². The second kappa shape index (κ2) is 9.97. The molecule has 0 aliphatic carbocycles. The van der Waals surface area contributed by atoms with E-state index in [9.17, 15) is 9.90 Å². The van der Waals surface area contributed by atoms with Gasteiger partial charge in [-0.2, -0.15) is 0 Å². The molecule has 0 unspecified atom stereocenters. The zero-order chi connectivity index (χ0) is 23.4. The van der Waals surface area contributed by atoms with Crippen LogP contribution < -0.4 is 0 Å². The second-order valence-corrected chi connectivity index (χ2v) is 10.1. The van der Waals surface area contributed by atoms with Crippen LogP contribution in [0.2, 0.25) is 0 Å². The fourth-order valence-electron chi connectivity index (χ4n) is 4.23. The highest BCUT2D eigenvalue weighted by atomic mass is 32.2. The lowest BCUT2D eigenvalue weighted by Gasteiger charge is -2.35. The van der Waals surface area contributed by atoms with Crippen LogP contribution in [-0.2, 0) is 4.75 Å². The van der Waals surface area contributed by atoms with E-state index in [0.29, 0.717) is 18.8 Å². The average Bonchev–Trinajstić information content (AvgIpc) is 3.35. The molecule has 3 aromatic carbocycles. The van der Waals surface area contributed by atoms with E-state index in [2.05, 4.69) is 83.2 Å². The standard InChI is InChI=1S/C28H24N2O2S2/c31-24-18-30(19-24)27(32)26-25(33-20-29-26)16-17-34-28(21-10-4-1-5-11-21,22-12-6-2-7-13-22)23-14-8-3-9-15-23/h1-17,20,24,31H,18-19H2. The molecule has 1 aliphatic heterocycles. The van der Waals surface area contributed by atoms with Gasteiger partial charge in [-0.3, -0.25) is 4.79 Å². The Bertz CT molecular complexity index is 1170. The fourth-order valence-corrected chi connectivity index (χ4v) is 6.21. The van der Waals surface area contributed by atoms with E-state index in [4.69, 9.17) is 0 Å². The van der Waals surface area contributed by atoms with Gasteiger partial charge in [-0.25, -0.2) is 4.98 Å². The van der Waals surface area contributed by atoms with Gasteiger partial charge in [-0.15, -0.1) is 23.1 Å². The SMILES string of the molecule is O=C(c1ncsc1C=CSC(c1ccccc1)(c1ccccc1)c1ccccc1)N1CC(O)C1. The van der Waals surface area contributed by atoms with E-state index in [1.807, 2.05) is 24.3 Å². The van der Waals surface area contributed by atoms with Crippen LogP contribution in [0, 0.1) is 0 Å². The van der Waals surface area contributed by atoms with Crippen molar-refractivity contribution in [2.45, 2.75) is 10.9 Å². The van der Waals surface area contributed by atoms with E-state index < -0.39 is 10.9 Å². The number of amides is 1. The first-order chi connectivity index (χ1) is 16.7. The van der Waals surface area contributed by atoms with Gasteiger partial charge in [0.15, 0.2) is 0 Å². The number of rotatable bonds is 7. The third-order valence-electron chi connectivity index (χ3n) is 5.95. The number of nitrogens with zero attached hydrogens (tertiary/aromatic N) is 2.